The number of ether oxygens (including phenoxy) is 1. The minimum Gasteiger partial charge on any atom is -0.378 e. The second kappa shape index (κ2) is 6.11. The van der Waals surface area contributed by atoms with Crippen LogP contribution in [0.4, 0.5) is 5.82 Å². The second-order valence-corrected chi connectivity index (χ2v) is 5.08. The molecule has 1 aromatic heterocycles. The van der Waals surface area contributed by atoms with E-state index < -0.39 is 0 Å². The van der Waals surface area contributed by atoms with Crippen molar-refractivity contribution in [2.45, 2.75) is 25.8 Å². The van der Waals surface area contributed by atoms with Gasteiger partial charge >= 0.3 is 0 Å². The van der Waals surface area contributed by atoms with Crippen LogP contribution in [0.2, 0.25) is 0 Å². The lowest BCUT2D eigenvalue weighted by Crippen LogP contribution is -2.47. The summed E-state index contributed by atoms with van der Waals surface area (Å²) in [4.78, 5) is 2.11. The van der Waals surface area contributed by atoms with Gasteiger partial charge in [-0.05, 0) is 18.1 Å². The molecule has 18 heavy (non-hydrogen) atoms. The topological polar surface area (TPSA) is 50.3 Å². The van der Waals surface area contributed by atoms with Gasteiger partial charge in [-0.15, -0.1) is 5.10 Å². The van der Waals surface area contributed by atoms with Crippen molar-refractivity contribution in [3.63, 3.8) is 0 Å². The van der Waals surface area contributed by atoms with Crippen LogP contribution >= 0.6 is 0 Å². The Morgan fingerprint density at radius 1 is 1.44 bits per heavy atom. The molecule has 2 heterocycles. The Kier molecular flexibility index (Phi) is 4.49. The molecule has 0 aliphatic carbocycles. The SMILES string of the molecule is CC(C)c1ccc(N(C)CC2COCCN2)nn1. The maximum atomic E-state index is 5.44. The number of hydrogen-bond acceptors (Lipinski definition) is 5. The number of rotatable bonds is 4. The van der Waals surface area contributed by atoms with E-state index in [9.17, 15) is 0 Å². The van der Waals surface area contributed by atoms with E-state index in [4.69, 9.17) is 4.74 Å². The highest BCUT2D eigenvalue weighted by molar-refractivity contribution is 5.36. The van der Waals surface area contributed by atoms with Crippen LogP contribution in [0.1, 0.15) is 25.5 Å². The van der Waals surface area contributed by atoms with Gasteiger partial charge < -0.3 is 15.0 Å². The zero-order chi connectivity index (χ0) is 13.0. The molecule has 1 aromatic rings. The first-order chi connectivity index (χ1) is 8.66. The van der Waals surface area contributed by atoms with Crippen LogP contribution in [-0.4, -0.2) is 49.6 Å². The van der Waals surface area contributed by atoms with Crippen LogP contribution in [0.5, 0.6) is 0 Å². The van der Waals surface area contributed by atoms with E-state index in [1.54, 1.807) is 0 Å². The number of hydrogen-bond donors (Lipinski definition) is 1. The van der Waals surface area contributed by atoms with E-state index in [1.807, 2.05) is 19.2 Å². The summed E-state index contributed by atoms with van der Waals surface area (Å²) in [5, 5.41) is 12.0. The van der Waals surface area contributed by atoms with E-state index in [2.05, 4.69) is 34.3 Å². The van der Waals surface area contributed by atoms with Crippen molar-refractivity contribution in [2.24, 2.45) is 0 Å². The molecule has 0 spiro atoms. The molecule has 0 aromatic carbocycles. The van der Waals surface area contributed by atoms with Gasteiger partial charge in [-0.25, -0.2) is 0 Å². The van der Waals surface area contributed by atoms with Crippen molar-refractivity contribution in [3.05, 3.63) is 17.8 Å². The molecule has 1 aliphatic heterocycles. The monoisotopic (exact) mass is 250 g/mol. The van der Waals surface area contributed by atoms with Crippen LogP contribution in [0.15, 0.2) is 12.1 Å². The smallest absolute Gasteiger partial charge is 0.151 e. The number of nitrogens with one attached hydrogen (secondary N) is 1. The molecule has 1 saturated heterocycles. The standard InChI is InChI=1S/C13H22N4O/c1-10(2)12-4-5-13(16-15-12)17(3)8-11-9-18-7-6-14-11/h4-5,10-11,14H,6-9H2,1-3H3. The Balaban J connectivity index is 1.93. The summed E-state index contributed by atoms with van der Waals surface area (Å²) in [6.45, 7) is 7.63. The third-order valence-corrected chi connectivity index (χ3v) is 3.15. The maximum Gasteiger partial charge on any atom is 0.151 e. The van der Waals surface area contributed by atoms with Crippen molar-refractivity contribution in [1.29, 1.82) is 0 Å². The van der Waals surface area contributed by atoms with Crippen LogP contribution in [0.3, 0.4) is 0 Å². The van der Waals surface area contributed by atoms with Crippen molar-refractivity contribution < 1.29 is 4.74 Å². The van der Waals surface area contributed by atoms with Crippen molar-refractivity contribution in [2.75, 3.05) is 38.3 Å². The largest absolute Gasteiger partial charge is 0.378 e. The van der Waals surface area contributed by atoms with Crippen molar-refractivity contribution in [1.82, 2.24) is 15.5 Å². The van der Waals surface area contributed by atoms with Gasteiger partial charge in [-0.2, -0.15) is 5.10 Å². The van der Waals surface area contributed by atoms with Gasteiger partial charge in [0.25, 0.3) is 0 Å². The second-order valence-electron chi connectivity index (χ2n) is 5.08. The van der Waals surface area contributed by atoms with E-state index in [-0.39, 0.29) is 0 Å². The molecule has 5 heteroatoms. The van der Waals surface area contributed by atoms with Crippen LogP contribution in [0, 0.1) is 0 Å². The zero-order valence-corrected chi connectivity index (χ0v) is 11.4. The third-order valence-electron chi connectivity index (χ3n) is 3.15. The molecule has 100 valence electrons. The van der Waals surface area contributed by atoms with Gasteiger partial charge in [0.1, 0.15) is 0 Å². The Labute approximate surface area is 109 Å². The molecule has 0 radical (unpaired) electrons. The van der Waals surface area contributed by atoms with Crippen LogP contribution in [-0.2, 0) is 4.74 Å². The molecule has 5 nitrogen and oxygen atoms in total. The predicted molar refractivity (Wildman–Crippen MR) is 72.0 cm³/mol. The van der Waals surface area contributed by atoms with Gasteiger partial charge in [0.05, 0.1) is 18.9 Å². The molecule has 1 aliphatic rings. The van der Waals surface area contributed by atoms with Gasteiger partial charge in [-0.3, -0.25) is 0 Å². The third kappa shape index (κ3) is 3.40. The summed E-state index contributed by atoms with van der Waals surface area (Å²) in [6.07, 6.45) is 0. The minimum absolute atomic E-state index is 0.371. The maximum absolute atomic E-state index is 5.44. The summed E-state index contributed by atoms with van der Waals surface area (Å²) in [5.41, 5.74) is 1.03. The Morgan fingerprint density at radius 3 is 2.83 bits per heavy atom. The molecule has 0 bridgehead atoms. The van der Waals surface area contributed by atoms with E-state index in [1.165, 1.54) is 0 Å². The van der Waals surface area contributed by atoms with E-state index in [0.29, 0.717) is 12.0 Å². The number of likely N-dealkylation sites (N-methyl/N-ethyl adjacent to an activating group) is 1. The first-order valence-electron chi connectivity index (χ1n) is 6.52. The molecule has 1 N–H and O–H groups in total. The Hall–Kier alpha value is -1.20. The van der Waals surface area contributed by atoms with E-state index >= 15 is 0 Å². The lowest BCUT2D eigenvalue weighted by atomic mass is 10.1. The van der Waals surface area contributed by atoms with E-state index in [0.717, 1.165) is 37.8 Å². The highest BCUT2D eigenvalue weighted by atomic mass is 16.5. The number of anilines is 1. The molecular formula is C13H22N4O. The highest BCUT2D eigenvalue weighted by Crippen LogP contribution is 2.14. The number of morpholine rings is 1. The van der Waals surface area contributed by atoms with Crippen LogP contribution < -0.4 is 10.2 Å². The molecule has 0 amide bonds. The van der Waals surface area contributed by atoms with Gasteiger partial charge in [0.15, 0.2) is 5.82 Å². The normalized spacial score (nSPS) is 20.1. The zero-order valence-electron chi connectivity index (χ0n) is 11.4. The fourth-order valence-corrected chi connectivity index (χ4v) is 2.01. The average molecular weight is 250 g/mol. The quantitative estimate of drug-likeness (QED) is 0.865. The molecule has 1 unspecified atom stereocenters. The predicted octanol–water partition coefficient (Wildman–Crippen LogP) is 1.02. The highest BCUT2D eigenvalue weighted by Gasteiger charge is 2.16. The fraction of sp³-hybridized carbons (Fsp3) is 0.692. The fourth-order valence-electron chi connectivity index (χ4n) is 2.01. The lowest BCUT2D eigenvalue weighted by molar-refractivity contribution is 0.0790. The molecule has 2 rings (SSSR count). The summed E-state index contributed by atoms with van der Waals surface area (Å²) >= 11 is 0. The summed E-state index contributed by atoms with van der Waals surface area (Å²) in [7, 11) is 2.04. The molecule has 1 fully saturated rings. The minimum atomic E-state index is 0.371. The van der Waals surface area contributed by atoms with Crippen molar-refractivity contribution >= 4 is 5.82 Å². The summed E-state index contributed by atoms with van der Waals surface area (Å²) in [6, 6.07) is 4.45. The summed E-state index contributed by atoms with van der Waals surface area (Å²) < 4.78 is 5.44. The molecule has 0 saturated carbocycles. The average Bonchev–Trinajstić information content (AvgIpc) is 2.40. The van der Waals surface area contributed by atoms with Gasteiger partial charge in [0, 0.05) is 26.2 Å². The number of aromatic nitrogens is 2. The van der Waals surface area contributed by atoms with Gasteiger partial charge in [-0.1, -0.05) is 13.8 Å². The Morgan fingerprint density at radius 2 is 2.28 bits per heavy atom. The first kappa shape index (κ1) is 13.2. The van der Waals surface area contributed by atoms with Gasteiger partial charge in [0.2, 0.25) is 0 Å². The lowest BCUT2D eigenvalue weighted by Gasteiger charge is -2.28. The first-order valence-corrected chi connectivity index (χ1v) is 6.52. The summed E-state index contributed by atoms with van der Waals surface area (Å²) in [5.74, 6) is 1.33. The van der Waals surface area contributed by atoms with Crippen molar-refractivity contribution in [3.8, 4) is 0 Å². The Bertz CT molecular complexity index is 360. The number of nitrogens with zero attached hydrogens (tertiary/aromatic N) is 3. The van der Waals surface area contributed by atoms with Crippen LogP contribution in [0.25, 0.3) is 0 Å². The molecular weight excluding hydrogens is 228 g/mol. The molecule has 1 atom stereocenters.